The SMILES string of the molecule is Cc1ccc(N2CC(C(=O)NCC(CC(C)C)C(=O)O)CC2=O)cc1. The summed E-state index contributed by atoms with van der Waals surface area (Å²) >= 11 is 0. The van der Waals surface area contributed by atoms with E-state index >= 15 is 0 Å². The van der Waals surface area contributed by atoms with Crippen molar-refractivity contribution < 1.29 is 19.5 Å². The van der Waals surface area contributed by atoms with Crippen molar-refractivity contribution in [2.45, 2.75) is 33.6 Å². The van der Waals surface area contributed by atoms with Crippen molar-refractivity contribution in [1.82, 2.24) is 5.32 Å². The van der Waals surface area contributed by atoms with Crippen LogP contribution in [0.5, 0.6) is 0 Å². The van der Waals surface area contributed by atoms with Crippen LogP contribution in [0.25, 0.3) is 0 Å². The lowest BCUT2D eigenvalue weighted by atomic mass is 9.97. The van der Waals surface area contributed by atoms with Crippen LogP contribution in [-0.4, -0.2) is 36.0 Å². The zero-order chi connectivity index (χ0) is 18.6. The number of aliphatic carboxylic acids is 1. The fourth-order valence-corrected chi connectivity index (χ4v) is 3.07. The van der Waals surface area contributed by atoms with Crippen LogP contribution in [0.1, 0.15) is 32.3 Å². The molecule has 1 aromatic rings. The summed E-state index contributed by atoms with van der Waals surface area (Å²) in [5.74, 6) is -2.05. The van der Waals surface area contributed by atoms with Crippen molar-refractivity contribution in [2.24, 2.45) is 17.8 Å². The van der Waals surface area contributed by atoms with Gasteiger partial charge in [-0.15, -0.1) is 0 Å². The first-order chi connectivity index (χ1) is 11.8. The van der Waals surface area contributed by atoms with Crippen LogP contribution in [0.4, 0.5) is 5.69 Å². The summed E-state index contributed by atoms with van der Waals surface area (Å²) < 4.78 is 0. The van der Waals surface area contributed by atoms with Gasteiger partial charge in [-0.2, -0.15) is 0 Å². The monoisotopic (exact) mass is 346 g/mol. The van der Waals surface area contributed by atoms with Crippen molar-refractivity contribution in [3.8, 4) is 0 Å². The Morgan fingerprint density at radius 2 is 1.92 bits per heavy atom. The second-order valence-electron chi connectivity index (χ2n) is 7.15. The smallest absolute Gasteiger partial charge is 0.308 e. The number of nitrogens with zero attached hydrogens (tertiary/aromatic N) is 1. The molecule has 0 aliphatic carbocycles. The maximum Gasteiger partial charge on any atom is 0.308 e. The minimum Gasteiger partial charge on any atom is -0.481 e. The second kappa shape index (κ2) is 8.14. The van der Waals surface area contributed by atoms with E-state index in [2.05, 4.69) is 5.32 Å². The molecule has 2 atom stereocenters. The van der Waals surface area contributed by atoms with E-state index in [9.17, 15) is 19.5 Å². The lowest BCUT2D eigenvalue weighted by molar-refractivity contribution is -0.142. The topological polar surface area (TPSA) is 86.7 Å². The largest absolute Gasteiger partial charge is 0.481 e. The van der Waals surface area contributed by atoms with Crippen LogP contribution >= 0.6 is 0 Å². The highest BCUT2D eigenvalue weighted by atomic mass is 16.4. The average Bonchev–Trinajstić information content (AvgIpc) is 2.93. The fourth-order valence-electron chi connectivity index (χ4n) is 3.07. The van der Waals surface area contributed by atoms with E-state index in [0.717, 1.165) is 11.3 Å². The van der Waals surface area contributed by atoms with Gasteiger partial charge in [-0.05, 0) is 31.4 Å². The fraction of sp³-hybridized carbons (Fsp3) is 0.526. The number of carboxylic acid groups (broad SMARTS) is 1. The predicted molar refractivity (Wildman–Crippen MR) is 95.2 cm³/mol. The van der Waals surface area contributed by atoms with Gasteiger partial charge in [-0.3, -0.25) is 14.4 Å². The van der Waals surface area contributed by atoms with Crippen molar-refractivity contribution in [1.29, 1.82) is 0 Å². The molecule has 1 aromatic carbocycles. The molecule has 0 aromatic heterocycles. The molecule has 0 saturated carbocycles. The van der Waals surface area contributed by atoms with Crippen LogP contribution in [0.2, 0.25) is 0 Å². The zero-order valence-corrected chi connectivity index (χ0v) is 15.0. The molecule has 6 heteroatoms. The van der Waals surface area contributed by atoms with Gasteiger partial charge in [0.1, 0.15) is 0 Å². The normalized spacial score (nSPS) is 18.5. The molecule has 2 unspecified atom stereocenters. The lowest BCUT2D eigenvalue weighted by Gasteiger charge is -2.18. The number of carbonyl (C=O) groups excluding carboxylic acids is 2. The molecule has 1 aliphatic heterocycles. The van der Waals surface area contributed by atoms with Crippen molar-refractivity contribution >= 4 is 23.5 Å². The van der Waals surface area contributed by atoms with Gasteiger partial charge in [0.15, 0.2) is 0 Å². The Labute approximate surface area is 148 Å². The van der Waals surface area contributed by atoms with Crippen molar-refractivity contribution in [3.63, 3.8) is 0 Å². The molecule has 2 N–H and O–H groups in total. The van der Waals surface area contributed by atoms with Gasteiger partial charge in [0.2, 0.25) is 11.8 Å². The van der Waals surface area contributed by atoms with Gasteiger partial charge in [-0.25, -0.2) is 0 Å². The first-order valence-electron chi connectivity index (χ1n) is 8.65. The second-order valence-corrected chi connectivity index (χ2v) is 7.15. The number of hydrogen-bond acceptors (Lipinski definition) is 3. The summed E-state index contributed by atoms with van der Waals surface area (Å²) in [5.41, 5.74) is 1.89. The molecule has 0 radical (unpaired) electrons. The quantitative estimate of drug-likeness (QED) is 0.792. The maximum atomic E-state index is 12.4. The zero-order valence-electron chi connectivity index (χ0n) is 15.0. The Hall–Kier alpha value is -2.37. The Morgan fingerprint density at radius 1 is 1.28 bits per heavy atom. The number of rotatable bonds is 7. The average molecular weight is 346 g/mol. The first-order valence-corrected chi connectivity index (χ1v) is 8.65. The first kappa shape index (κ1) is 19.0. The highest BCUT2D eigenvalue weighted by Gasteiger charge is 2.35. The third-order valence-electron chi connectivity index (χ3n) is 4.47. The maximum absolute atomic E-state index is 12.4. The van der Waals surface area contributed by atoms with Crippen LogP contribution < -0.4 is 10.2 Å². The van der Waals surface area contributed by atoms with Crippen molar-refractivity contribution in [3.05, 3.63) is 29.8 Å². The summed E-state index contributed by atoms with van der Waals surface area (Å²) in [6.45, 7) is 6.30. The van der Waals surface area contributed by atoms with Gasteiger partial charge < -0.3 is 15.3 Å². The Kier molecular flexibility index (Phi) is 6.17. The van der Waals surface area contributed by atoms with Gasteiger partial charge in [0, 0.05) is 25.2 Å². The molecule has 25 heavy (non-hydrogen) atoms. The summed E-state index contributed by atoms with van der Waals surface area (Å²) in [4.78, 5) is 37.5. The van der Waals surface area contributed by atoms with E-state index in [-0.39, 0.29) is 30.7 Å². The van der Waals surface area contributed by atoms with Crippen molar-refractivity contribution in [2.75, 3.05) is 18.0 Å². The standard InChI is InChI=1S/C19H26N2O4/c1-12(2)8-14(19(24)25)10-20-18(23)15-9-17(22)21(11-15)16-6-4-13(3)5-7-16/h4-7,12,14-15H,8-11H2,1-3H3,(H,20,23)(H,24,25). The number of hydrogen-bond donors (Lipinski definition) is 2. The molecule has 0 spiro atoms. The summed E-state index contributed by atoms with van der Waals surface area (Å²) in [6, 6.07) is 7.60. The van der Waals surface area contributed by atoms with Crippen LogP contribution in [0.15, 0.2) is 24.3 Å². The lowest BCUT2D eigenvalue weighted by Crippen LogP contribution is -2.38. The van der Waals surface area contributed by atoms with Gasteiger partial charge in [0.25, 0.3) is 0 Å². The third-order valence-corrected chi connectivity index (χ3v) is 4.47. The molecule has 1 saturated heterocycles. The van der Waals surface area contributed by atoms with Gasteiger partial charge >= 0.3 is 5.97 Å². The summed E-state index contributed by atoms with van der Waals surface area (Å²) in [6.07, 6.45) is 0.663. The highest BCUT2D eigenvalue weighted by Crippen LogP contribution is 2.25. The van der Waals surface area contributed by atoms with E-state index in [0.29, 0.717) is 13.0 Å². The molecule has 1 fully saturated rings. The van der Waals surface area contributed by atoms with Crippen LogP contribution in [-0.2, 0) is 14.4 Å². The molecular weight excluding hydrogens is 320 g/mol. The predicted octanol–water partition coefficient (Wildman–Crippen LogP) is 2.21. The Morgan fingerprint density at radius 3 is 2.48 bits per heavy atom. The van der Waals surface area contributed by atoms with Crippen LogP contribution in [0, 0.1) is 24.7 Å². The van der Waals surface area contributed by atoms with Gasteiger partial charge in [-0.1, -0.05) is 31.5 Å². The summed E-state index contributed by atoms with van der Waals surface area (Å²) in [7, 11) is 0. The van der Waals surface area contributed by atoms with E-state index in [1.54, 1.807) is 4.90 Å². The number of anilines is 1. The number of amides is 2. The van der Waals surface area contributed by atoms with E-state index in [1.807, 2.05) is 45.0 Å². The number of aryl methyl sites for hydroxylation is 1. The molecule has 0 bridgehead atoms. The van der Waals surface area contributed by atoms with E-state index in [1.165, 1.54) is 0 Å². The molecule has 1 heterocycles. The molecular formula is C19H26N2O4. The third kappa shape index (κ3) is 5.05. The Balaban J connectivity index is 1.93. The molecule has 6 nitrogen and oxygen atoms in total. The summed E-state index contributed by atoms with van der Waals surface area (Å²) in [5, 5.41) is 12.0. The number of nitrogens with one attached hydrogen (secondary N) is 1. The molecule has 136 valence electrons. The minimum absolute atomic E-state index is 0.0824. The number of benzene rings is 1. The van der Waals surface area contributed by atoms with Gasteiger partial charge in [0.05, 0.1) is 11.8 Å². The van der Waals surface area contributed by atoms with E-state index in [4.69, 9.17) is 0 Å². The van der Waals surface area contributed by atoms with Crippen LogP contribution in [0.3, 0.4) is 0 Å². The number of carboxylic acids is 1. The Bertz CT molecular complexity index is 639. The highest BCUT2D eigenvalue weighted by molar-refractivity contribution is 6.00. The molecule has 1 aliphatic rings. The molecule has 2 amide bonds. The number of carbonyl (C=O) groups is 3. The minimum atomic E-state index is -0.905. The van der Waals surface area contributed by atoms with E-state index < -0.39 is 17.8 Å². The molecule has 2 rings (SSSR count).